The van der Waals surface area contributed by atoms with Gasteiger partial charge in [-0.3, -0.25) is 4.79 Å². The topological polar surface area (TPSA) is 89.0 Å². The Labute approximate surface area is 184 Å². The van der Waals surface area contributed by atoms with Crippen molar-refractivity contribution in [3.63, 3.8) is 0 Å². The molecule has 0 aliphatic heterocycles. The van der Waals surface area contributed by atoms with Gasteiger partial charge in [-0.15, -0.1) is 11.3 Å². The lowest BCUT2D eigenvalue weighted by molar-refractivity contribution is -0.116. The van der Waals surface area contributed by atoms with Gasteiger partial charge < -0.3 is 5.32 Å². The highest BCUT2D eigenvalue weighted by atomic mass is 32.2. The number of carbonyl (C=O) groups is 1. The summed E-state index contributed by atoms with van der Waals surface area (Å²) in [6.45, 7) is 0. The van der Waals surface area contributed by atoms with E-state index in [1.165, 1.54) is 23.5 Å². The molecule has 2 heterocycles. The average Bonchev–Trinajstić information content (AvgIpc) is 3.31. The lowest BCUT2D eigenvalue weighted by Crippen LogP contribution is -2.14. The number of rotatable bonds is 7. The predicted octanol–water partition coefficient (Wildman–Crippen LogP) is 4.96. The van der Waals surface area contributed by atoms with Crippen LogP contribution in [0.2, 0.25) is 0 Å². The minimum Gasteiger partial charge on any atom is -0.302 e. The predicted molar refractivity (Wildman–Crippen MR) is 121 cm³/mol. The minimum atomic E-state index is -3.56. The molecule has 0 aliphatic rings. The van der Waals surface area contributed by atoms with Gasteiger partial charge in [0.1, 0.15) is 5.82 Å². The van der Waals surface area contributed by atoms with Gasteiger partial charge in [0.2, 0.25) is 5.91 Å². The van der Waals surface area contributed by atoms with Crippen molar-refractivity contribution in [2.45, 2.75) is 22.1 Å². The highest BCUT2D eigenvalue weighted by Gasteiger charge is 2.16. The number of sulfone groups is 1. The molecule has 30 heavy (non-hydrogen) atoms. The van der Waals surface area contributed by atoms with Crippen LogP contribution in [0.25, 0.3) is 20.4 Å². The first-order chi connectivity index (χ1) is 14.4. The lowest BCUT2D eigenvalue weighted by Gasteiger charge is -2.04. The van der Waals surface area contributed by atoms with Crippen LogP contribution in [0.5, 0.6) is 0 Å². The summed E-state index contributed by atoms with van der Waals surface area (Å²) >= 11 is 4.56. The SMILES string of the molecule is CSc1nc2ccc3nc(NC(=O)CCCS(=O)(=O)c4ccc(F)cc4)sc3c2s1. The second-order valence-corrected chi connectivity index (χ2v) is 11.6. The minimum absolute atomic E-state index is 0.0446. The van der Waals surface area contributed by atoms with Crippen LogP contribution >= 0.6 is 34.4 Å². The Bertz CT molecular complexity index is 1330. The molecular formula is C19H16FN3O3S4. The zero-order valence-corrected chi connectivity index (χ0v) is 19.0. The Morgan fingerprint density at radius 3 is 2.43 bits per heavy atom. The first kappa shape index (κ1) is 21.2. The van der Waals surface area contributed by atoms with E-state index in [1.54, 1.807) is 23.1 Å². The van der Waals surface area contributed by atoms with Gasteiger partial charge in [-0.05, 0) is 49.1 Å². The van der Waals surface area contributed by atoms with E-state index in [-0.39, 0.29) is 29.4 Å². The van der Waals surface area contributed by atoms with E-state index in [0.717, 1.165) is 36.9 Å². The molecule has 4 aromatic rings. The smallest absolute Gasteiger partial charge is 0.226 e. The van der Waals surface area contributed by atoms with Crippen molar-refractivity contribution in [2.75, 3.05) is 17.3 Å². The number of anilines is 1. The zero-order chi connectivity index (χ0) is 21.3. The molecule has 2 aromatic carbocycles. The van der Waals surface area contributed by atoms with Gasteiger partial charge in [0.15, 0.2) is 19.3 Å². The van der Waals surface area contributed by atoms with Crippen molar-refractivity contribution in [1.82, 2.24) is 9.97 Å². The number of thiazole rings is 2. The highest BCUT2D eigenvalue weighted by molar-refractivity contribution is 8.00. The highest BCUT2D eigenvalue weighted by Crippen LogP contribution is 2.38. The maximum absolute atomic E-state index is 13.0. The molecule has 1 N–H and O–H groups in total. The fraction of sp³-hybridized carbons (Fsp3) is 0.211. The van der Waals surface area contributed by atoms with E-state index in [9.17, 15) is 17.6 Å². The van der Waals surface area contributed by atoms with Crippen LogP contribution < -0.4 is 5.32 Å². The number of halogens is 1. The largest absolute Gasteiger partial charge is 0.302 e. The molecule has 156 valence electrons. The molecule has 0 saturated heterocycles. The van der Waals surface area contributed by atoms with Gasteiger partial charge in [0.05, 0.1) is 31.1 Å². The molecule has 0 unspecified atom stereocenters. The third-order valence-electron chi connectivity index (χ3n) is 4.30. The van der Waals surface area contributed by atoms with Crippen molar-refractivity contribution >= 4 is 75.7 Å². The van der Waals surface area contributed by atoms with Crippen molar-refractivity contribution in [3.8, 4) is 0 Å². The fourth-order valence-corrected chi connectivity index (χ4v) is 6.84. The Morgan fingerprint density at radius 2 is 1.73 bits per heavy atom. The molecule has 0 aliphatic carbocycles. The quantitative estimate of drug-likeness (QED) is 0.296. The standard InChI is InChI=1S/C19H16FN3O3S4/c1-27-19-22-14-9-8-13-16(17(14)29-19)28-18(21-13)23-15(24)3-2-10-30(25,26)12-6-4-11(20)5-7-12/h4-9H,2-3,10H2,1H3,(H,21,23,24). The van der Waals surface area contributed by atoms with Crippen molar-refractivity contribution in [2.24, 2.45) is 0 Å². The third kappa shape index (κ3) is 4.48. The van der Waals surface area contributed by atoms with Crippen LogP contribution in [0.4, 0.5) is 9.52 Å². The van der Waals surface area contributed by atoms with Crippen molar-refractivity contribution in [3.05, 3.63) is 42.2 Å². The summed E-state index contributed by atoms with van der Waals surface area (Å²) in [5.41, 5.74) is 1.70. The second-order valence-electron chi connectivity index (χ2n) is 6.39. The third-order valence-corrected chi connectivity index (χ3v) is 9.33. The number of carbonyl (C=O) groups excluding carboxylic acids is 1. The van der Waals surface area contributed by atoms with Gasteiger partial charge in [-0.25, -0.2) is 22.8 Å². The molecule has 0 spiro atoms. The Hall–Kier alpha value is -2.08. The summed E-state index contributed by atoms with van der Waals surface area (Å²) < 4.78 is 40.5. The monoisotopic (exact) mass is 481 g/mol. The fourth-order valence-electron chi connectivity index (χ4n) is 2.86. The van der Waals surface area contributed by atoms with E-state index in [2.05, 4.69) is 15.3 Å². The summed E-state index contributed by atoms with van der Waals surface area (Å²) in [5, 5.41) is 3.23. The summed E-state index contributed by atoms with van der Waals surface area (Å²) in [7, 11) is -3.56. The van der Waals surface area contributed by atoms with Gasteiger partial charge in [0.25, 0.3) is 0 Å². The number of amides is 1. The van der Waals surface area contributed by atoms with Gasteiger partial charge in [-0.2, -0.15) is 0 Å². The lowest BCUT2D eigenvalue weighted by atomic mass is 10.3. The Kier molecular flexibility index (Phi) is 6.05. The normalized spacial score (nSPS) is 11.9. The van der Waals surface area contributed by atoms with Crippen molar-refractivity contribution < 1.29 is 17.6 Å². The van der Waals surface area contributed by atoms with E-state index >= 15 is 0 Å². The van der Waals surface area contributed by atoms with E-state index in [0.29, 0.717) is 5.13 Å². The summed E-state index contributed by atoms with van der Waals surface area (Å²) in [6, 6.07) is 8.47. The molecule has 0 saturated carbocycles. The number of thioether (sulfide) groups is 1. The Morgan fingerprint density at radius 1 is 1.07 bits per heavy atom. The number of nitrogens with one attached hydrogen (secondary N) is 1. The molecule has 4 rings (SSSR count). The summed E-state index contributed by atoms with van der Waals surface area (Å²) in [6.07, 6.45) is 2.18. The summed E-state index contributed by atoms with van der Waals surface area (Å²) in [4.78, 5) is 21.3. The summed E-state index contributed by atoms with van der Waals surface area (Å²) in [5.74, 6) is -0.983. The number of hydrogen-bond acceptors (Lipinski definition) is 8. The van der Waals surface area contributed by atoms with Crippen molar-refractivity contribution in [1.29, 1.82) is 0 Å². The Balaban J connectivity index is 1.40. The number of hydrogen-bond donors (Lipinski definition) is 1. The molecule has 2 aromatic heterocycles. The van der Waals surface area contributed by atoms with E-state index in [1.807, 2.05) is 18.4 Å². The van der Waals surface area contributed by atoms with Crippen LogP contribution in [-0.2, 0) is 14.6 Å². The van der Waals surface area contributed by atoms with E-state index < -0.39 is 15.7 Å². The average molecular weight is 482 g/mol. The number of benzene rings is 2. The van der Waals surface area contributed by atoms with E-state index in [4.69, 9.17) is 0 Å². The van der Waals surface area contributed by atoms with Gasteiger partial charge in [0, 0.05) is 6.42 Å². The molecule has 1 amide bonds. The van der Waals surface area contributed by atoms with Crippen LogP contribution in [0.15, 0.2) is 45.6 Å². The number of fused-ring (bicyclic) bond motifs is 3. The zero-order valence-electron chi connectivity index (χ0n) is 15.7. The van der Waals surface area contributed by atoms with Gasteiger partial charge in [-0.1, -0.05) is 23.1 Å². The van der Waals surface area contributed by atoms with Crippen LogP contribution in [0.3, 0.4) is 0 Å². The maximum atomic E-state index is 13.0. The molecule has 0 fully saturated rings. The number of nitrogens with zero attached hydrogens (tertiary/aromatic N) is 2. The molecule has 6 nitrogen and oxygen atoms in total. The van der Waals surface area contributed by atoms with Crippen LogP contribution in [0, 0.1) is 5.82 Å². The van der Waals surface area contributed by atoms with Crippen LogP contribution in [-0.4, -0.2) is 36.3 Å². The van der Waals surface area contributed by atoms with Crippen LogP contribution in [0.1, 0.15) is 12.8 Å². The first-order valence-corrected chi connectivity index (χ1v) is 13.4. The second kappa shape index (κ2) is 8.58. The maximum Gasteiger partial charge on any atom is 0.226 e. The first-order valence-electron chi connectivity index (χ1n) is 8.88. The number of aromatic nitrogens is 2. The van der Waals surface area contributed by atoms with Gasteiger partial charge >= 0.3 is 0 Å². The molecule has 0 atom stereocenters. The molecule has 11 heteroatoms. The molecular weight excluding hydrogens is 465 g/mol. The molecule has 0 radical (unpaired) electrons. The molecule has 0 bridgehead atoms.